The van der Waals surface area contributed by atoms with Crippen LogP contribution in [0.1, 0.15) is 15.2 Å². The summed E-state index contributed by atoms with van der Waals surface area (Å²) in [7, 11) is 0. The summed E-state index contributed by atoms with van der Waals surface area (Å²) in [6.07, 6.45) is 1.34. The number of nitrogens with one attached hydrogen (secondary N) is 1. The maximum Gasteiger partial charge on any atom is 0.285 e. The van der Waals surface area contributed by atoms with Gasteiger partial charge in [-0.25, -0.2) is 0 Å². The molecular weight excluding hydrogens is 426 g/mol. The van der Waals surface area contributed by atoms with E-state index in [0.717, 1.165) is 16.8 Å². The Bertz CT molecular complexity index is 1050. The summed E-state index contributed by atoms with van der Waals surface area (Å²) in [6, 6.07) is 6.00. The fourth-order valence-corrected chi connectivity index (χ4v) is 4.27. The van der Waals surface area contributed by atoms with Crippen LogP contribution in [0.2, 0.25) is 0 Å². The van der Waals surface area contributed by atoms with Gasteiger partial charge in [0.15, 0.2) is 15.8 Å². The summed E-state index contributed by atoms with van der Waals surface area (Å²) in [5.41, 5.74) is 2.38. The van der Waals surface area contributed by atoms with Gasteiger partial charge in [0, 0.05) is 0 Å². The Labute approximate surface area is 171 Å². The van der Waals surface area contributed by atoms with Gasteiger partial charge >= 0.3 is 0 Å². The molecule has 0 atom stereocenters. The molecule has 0 radical (unpaired) electrons. The largest absolute Gasteiger partial charge is 0.454 e. The van der Waals surface area contributed by atoms with E-state index in [0.29, 0.717) is 10.6 Å². The number of hydrogen-bond donors (Lipinski definition) is 1. The number of benzene rings is 1. The Hall–Kier alpha value is -2.96. The third-order valence-corrected chi connectivity index (χ3v) is 5.93. The molecule has 2 aliphatic heterocycles. The van der Waals surface area contributed by atoms with Crippen LogP contribution in [-0.2, 0) is 4.79 Å². The van der Waals surface area contributed by atoms with E-state index in [1.54, 1.807) is 17.5 Å². The molecule has 1 aromatic carbocycles. The van der Waals surface area contributed by atoms with Crippen molar-refractivity contribution >= 4 is 63.2 Å². The number of ether oxygens (including phenoxy) is 2. The van der Waals surface area contributed by atoms with Gasteiger partial charge in [0.25, 0.3) is 17.5 Å². The molecule has 2 amide bonds. The highest BCUT2D eigenvalue weighted by Crippen LogP contribution is 2.40. The molecule has 1 N–H and O–H groups in total. The second-order valence-electron chi connectivity index (χ2n) is 5.46. The van der Waals surface area contributed by atoms with E-state index in [1.165, 1.54) is 29.5 Å². The topological polar surface area (TPSA) is 111 Å². The Balaban J connectivity index is 1.63. The van der Waals surface area contributed by atoms with Crippen molar-refractivity contribution in [1.82, 2.24) is 10.4 Å². The number of hydrazine groups is 1. The number of nitrogens with zero attached hydrogens (tertiary/aromatic N) is 2. The first kappa shape index (κ1) is 18.4. The third kappa shape index (κ3) is 3.32. The van der Waals surface area contributed by atoms with E-state index in [1.807, 2.05) is 0 Å². The van der Waals surface area contributed by atoms with Gasteiger partial charge in [0.2, 0.25) is 6.79 Å². The number of amides is 2. The minimum absolute atomic E-state index is 0.0349. The van der Waals surface area contributed by atoms with Crippen molar-refractivity contribution in [1.29, 1.82) is 0 Å². The fraction of sp³-hybridized carbons (Fsp3) is 0.0625. The van der Waals surface area contributed by atoms with E-state index >= 15 is 0 Å². The number of carbonyl (C=O) groups excluding carboxylic acids is 2. The second kappa shape index (κ2) is 7.22. The second-order valence-corrected chi connectivity index (χ2v) is 8.08. The average Bonchev–Trinajstić information content (AvgIpc) is 3.38. The Kier molecular flexibility index (Phi) is 4.75. The van der Waals surface area contributed by atoms with Gasteiger partial charge in [-0.05, 0) is 35.8 Å². The van der Waals surface area contributed by atoms with Crippen LogP contribution in [0, 0.1) is 10.1 Å². The van der Waals surface area contributed by atoms with Gasteiger partial charge < -0.3 is 9.47 Å². The van der Waals surface area contributed by atoms with Crippen LogP contribution < -0.4 is 14.9 Å². The van der Waals surface area contributed by atoms with Crippen LogP contribution in [-0.4, -0.2) is 32.9 Å². The molecule has 4 rings (SSSR count). The van der Waals surface area contributed by atoms with Crippen LogP contribution in [0.5, 0.6) is 11.5 Å². The van der Waals surface area contributed by atoms with Crippen LogP contribution in [0.4, 0.5) is 5.69 Å². The van der Waals surface area contributed by atoms with Crippen LogP contribution in [0.15, 0.2) is 34.6 Å². The maximum absolute atomic E-state index is 12.7. The number of thioether (sulfide) groups is 1. The first-order valence-corrected chi connectivity index (χ1v) is 9.75. The molecule has 2 aromatic rings. The number of thiophene rings is 1. The van der Waals surface area contributed by atoms with Crippen LogP contribution >= 0.6 is 35.3 Å². The number of nitro groups is 1. The number of rotatable bonds is 4. The van der Waals surface area contributed by atoms with Crippen molar-refractivity contribution < 1.29 is 24.0 Å². The maximum atomic E-state index is 12.7. The predicted molar refractivity (Wildman–Crippen MR) is 106 cm³/mol. The van der Waals surface area contributed by atoms with Gasteiger partial charge in [-0.1, -0.05) is 17.8 Å². The highest BCUT2D eigenvalue weighted by Gasteiger charge is 2.35. The van der Waals surface area contributed by atoms with Crippen molar-refractivity contribution in [3.05, 3.63) is 55.1 Å². The molecule has 9 nitrogen and oxygen atoms in total. The zero-order valence-corrected chi connectivity index (χ0v) is 16.2. The summed E-state index contributed by atoms with van der Waals surface area (Å²) in [5.74, 6) is -0.439. The molecule has 0 saturated carbocycles. The van der Waals surface area contributed by atoms with Crippen LogP contribution in [0.25, 0.3) is 6.08 Å². The van der Waals surface area contributed by atoms with Crippen molar-refractivity contribution in [2.24, 2.45) is 0 Å². The standard InChI is InChI=1S/C16H9N3O6S3/c20-14(12-2-1-3-27-12)17-18-15(21)13(28-16(18)26)5-8-4-10-11(25-7-24-10)6-9(8)19(22)23/h1-6H,7H2,(H,17,20)/b13-5-. The Morgan fingerprint density at radius 3 is 2.79 bits per heavy atom. The van der Waals surface area contributed by atoms with Crippen LogP contribution in [0.3, 0.4) is 0 Å². The SMILES string of the molecule is O=C(NN1C(=O)/C(=C/c2cc3c(cc2[N+](=O)[O-])OCO3)SC1=S)c1cccs1. The molecule has 1 saturated heterocycles. The molecule has 12 heteroatoms. The molecule has 0 bridgehead atoms. The molecule has 1 aromatic heterocycles. The van der Waals surface area contributed by atoms with Crippen molar-refractivity contribution in [3.63, 3.8) is 0 Å². The zero-order chi connectivity index (χ0) is 19.8. The minimum atomic E-state index is -0.577. The Morgan fingerprint density at radius 1 is 1.36 bits per heavy atom. The molecule has 0 aliphatic carbocycles. The number of nitro benzene ring substituents is 1. The lowest BCUT2D eigenvalue weighted by molar-refractivity contribution is -0.385. The average molecular weight is 435 g/mol. The van der Waals surface area contributed by atoms with E-state index in [9.17, 15) is 19.7 Å². The normalized spacial score (nSPS) is 16.7. The number of hydrogen-bond acceptors (Lipinski definition) is 9. The number of thiocarbonyl (C=S) groups is 1. The van der Waals surface area contributed by atoms with E-state index in [-0.39, 0.29) is 33.0 Å². The summed E-state index contributed by atoms with van der Waals surface area (Å²) < 4.78 is 10.5. The predicted octanol–water partition coefficient (Wildman–Crippen LogP) is 2.93. The first-order valence-electron chi connectivity index (χ1n) is 7.64. The van der Waals surface area contributed by atoms with Gasteiger partial charge in [0.1, 0.15) is 0 Å². The van der Waals surface area contributed by atoms with Crippen molar-refractivity contribution in [3.8, 4) is 11.5 Å². The quantitative estimate of drug-likeness (QED) is 0.338. The Morgan fingerprint density at radius 2 is 2.11 bits per heavy atom. The lowest BCUT2D eigenvalue weighted by Crippen LogP contribution is -2.44. The monoisotopic (exact) mass is 435 g/mol. The van der Waals surface area contributed by atoms with Gasteiger partial charge in [0.05, 0.1) is 26.3 Å². The highest BCUT2D eigenvalue weighted by atomic mass is 32.2. The molecule has 0 spiro atoms. The summed E-state index contributed by atoms with van der Waals surface area (Å²) in [4.78, 5) is 36.2. The third-order valence-electron chi connectivity index (χ3n) is 3.76. The summed E-state index contributed by atoms with van der Waals surface area (Å²) in [5, 5.41) is 14.1. The lowest BCUT2D eigenvalue weighted by atomic mass is 10.1. The van der Waals surface area contributed by atoms with Crippen molar-refractivity contribution in [2.45, 2.75) is 0 Å². The molecule has 2 aliphatic rings. The van der Waals surface area contributed by atoms with Gasteiger partial charge in [-0.2, -0.15) is 5.01 Å². The number of carbonyl (C=O) groups is 2. The van der Waals surface area contributed by atoms with E-state index in [4.69, 9.17) is 21.7 Å². The molecule has 28 heavy (non-hydrogen) atoms. The molecule has 3 heterocycles. The van der Waals surface area contributed by atoms with Gasteiger partial charge in [-0.3, -0.25) is 25.1 Å². The van der Waals surface area contributed by atoms with Crippen molar-refractivity contribution in [2.75, 3.05) is 6.79 Å². The molecule has 142 valence electrons. The molecule has 0 unspecified atom stereocenters. The first-order chi connectivity index (χ1) is 13.4. The fourth-order valence-electron chi connectivity index (χ4n) is 2.49. The minimum Gasteiger partial charge on any atom is -0.454 e. The van der Waals surface area contributed by atoms with E-state index < -0.39 is 16.7 Å². The number of fused-ring (bicyclic) bond motifs is 1. The lowest BCUT2D eigenvalue weighted by Gasteiger charge is -2.14. The molecule has 1 fully saturated rings. The summed E-state index contributed by atoms with van der Waals surface area (Å²) >= 11 is 7.31. The molecular formula is C16H9N3O6S3. The summed E-state index contributed by atoms with van der Waals surface area (Å²) in [6.45, 7) is -0.0349. The van der Waals surface area contributed by atoms with Gasteiger partial charge in [-0.15, -0.1) is 11.3 Å². The highest BCUT2D eigenvalue weighted by molar-refractivity contribution is 8.26. The van der Waals surface area contributed by atoms with E-state index in [2.05, 4.69) is 5.43 Å². The zero-order valence-electron chi connectivity index (χ0n) is 13.7. The smallest absolute Gasteiger partial charge is 0.285 e.